The lowest BCUT2D eigenvalue weighted by atomic mass is 10.1. The summed E-state index contributed by atoms with van der Waals surface area (Å²) in [6, 6.07) is 10.6. The van der Waals surface area contributed by atoms with Crippen molar-refractivity contribution in [3.8, 4) is 5.75 Å². The Morgan fingerprint density at radius 3 is 2.07 bits per heavy atom. The van der Waals surface area contributed by atoms with E-state index in [4.69, 9.17) is 16.3 Å². The van der Waals surface area contributed by atoms with Gasteiger partial charge in [0.25, 0.3) is 11.8 Å². The lowest BCUT2D eigenvalue weighted by Gasteiger charge is -2.21. The minimum absolute atomic E-state index is 0.0170. The van der Waals surface area contributed by atoms with Crippen LogP contribution in [0.25, 0.3) is 0 Å². The van der Waals surface area contributed by atoms with Crippen LogP contribution >= 0.6 is 11.6 Å². The highest BCUT2D eigenvalue weighted by Crippen LogP contribution is 2.25. The Balaban J connectivity index is 1.93. The maximum atomic E-state index is 12.6. The first kappa shape index (κ1) is 22.8. The quantitative estimate of drug-likeness (QED) is 0.608. The highest BCUT2D eigenvalue weighted by Gasteiger charge is 2.14. The number of hydrogen-bond acceptors (Lipinski definition) is 3. The van der Waals surface area contributed by atoms with Gasteiger partial charge in [-0.15, -0.1) is 0 Å². The predicted octanol–water partition coefficient (Wildman–Crippen LogP) is 5.24. The number of carbonyl (C=O) groups excluding carboxylic acids is 2. The van der Waals surface area contributed by atoms with Gasteiger partial charge in [0.2, 0.25) is 0 Å². The average molecular weight is 417 g/mol. The molecule has 0 fully saturated rings. The van der Waals surface area contributed by atoms with Crippen molar-refractivity contribution < 1.29 is 14.3 Å². The van der Waals surface area contributed by atoms with Crippen LogP contribution in [0.2, 0.25) is 5.02 Å². The van der Waals surface area contributed by atoms with E-state index in [1.165, 1.54) is 0 Å². The van der Waals surface area contributed by atoms with Crippen LogP contribution in [0, 0.1) is 13.8 Å². The summed E-state index contributed by atoms with van der Waals surface area (Å²) in [5.41, 5.74) is 3.05. The Kier molecular flexibility index (Phi) is 8.52. The van der Waals surface area contributed by atoms with Crippen LogP contribution in [-0.2, 0) is 4.79 Å². The fraction of sp³-hybridized carbons (Fsp3) is 0.391. The number of rotatable bonds is 9. The number of carbonyl (C=O) groups is 2. The van der Waals surface area contributed by atoms with Crippen LogP contribution in [0.15, 0.2) is 36.4 Å². The maximum absolute atomic E-state index is 12.6. The summed E-state index contributed by atoms with van der Waals surface area (Å²) < 4.78 is 5.57. The SMILES string of the molecule is CCCN(CCC)C(=O)c1ccc(NC(=O)COc2cc(C)c(Cl)c(C)c2)cc1. The molecule has 29 heavy (non-hydrogen) atoms. The Hall–Kier alpha value is -2.53. The number of nitrogens with one attached hydrogen (secondary N) is 1. The molecule has 6 heteroatoms. The van der Waals surface area contributed by atoms with Gasteiger partial charge in [0.05, 0.1) is 0 Å². The zero-order valence-corrected chi connectivity index (χ0v) is 18.3. The van der Waals surface area contributed by atoms with Gasteiger partial charge in [0.15, 0.2) is 6.61 Å². The standard InChI is InChI=1S/C23H29ClN2O3/c1-5-11-26(12-6-2)23(28)18-7-9-19(10-8-18)25-21(27)15-29-20-13-16(3)22(24)17(4)14-20/h7-10,13-14H,5-6,11-12,15H2,1-4H3,(H,25,27). The van der Waals surface area contributed by atoms with E-state index in [9.17, 15) is 9.59 Å². The molecule has 0 heterocycles. The number of aryl methyl sites for hydroxylation is 2. The average Bonchev–Trinajstić information content (AvgIpc) is 2.70. The van der Waals surface area contributed by atoms with Crippen LogP contribution in [-0.4, -0.2) is 36.4 Å². The Labute approximate surface area is 178 Å². The minimum atomic E-state index is -0.270. The molecule has 0 saturated heterocycles. The number of ether oxygens (including phenoxy) is 1. The van der Waals surface area contributed by atoms with E-state index < -0.39 is 0 Å². The molecule has 156 valence electrons. The van der Waals surface area contributed by atoms with E-state index >= 15 is 0 Å². The van der Waals surface area contributed by atoms with Gasteiger partial charge < -0.3 is 15.0 Å². The molecule has 0 aromatic heterocycles. The van der Waals surface area contributed by atoms with Crippen molar-refractivity contribution in [3.05, 3.63) is 58.1 Å². The first-order valence-corrected chi connectivity index (χ1v) is 10.3. The molecule has 0 saturated carbocycles. The molecule has 0 aliphatic carbocycles. The summed E-state index contributed by atoms with van der Waals surface area (Å²) in [4.78, 5) is 26.6. The van der Waals surface area contributed by atoms with Crippen molar-refractivity contribution in [2.45, 2.75) is 40.5 Å². The smallest absolute Gasteiger partial charge is 0.262 e. The number of hydrogen-bond donors (Lipinski definition) is 1. The Bertz CT molecular complexity index is 821. The lowest BCUT2D eigenvalue weighted by molar-refractivity contribution is -0.118. The molecule has 2 amide bonds. The zero-order chi connectivity index (χ0) is 21.4. The lowest BCUT2D eigenvalue weighted by Crippen LogP contribution is -2.32. The van der Waals surface area contributed by atoms with E-state index in [0.29, 0.717) is 22.0 Å². The topological polar surface area (TPSA) is 58.6 Å². The molecule has 0 atom stereocenters. The van der Waals surface area contributed by atoms with Crippen molar-refractivity contribution >= 4 is 29.1 Å². The van der Waals surface area contributed by atoms with Gasteiger partial charge in [-0.1, -0.05) is 25.4 Å². The van der Waals surface area contributed by atoms with Gasteiger partial charge in [-0.05, 0) is 74.2 Å². The first-order chi connectivity index (χ1) is 13.8. The number of anilines is 1. The van der Waals surface area contributed by atoms with Gasteiger partial charge in [-0.25, -0.2) is 0 Å². The molecule has 0 bridgehead atoms. The summed E-state index contributed by atoms with van der Waals surface area (Å²) in [6.07, 6.45) is 1.85. The third-order valence-corrected chi connectivity index (χ3v) is 5.07. The molecular formula is C23H29ClN2O3. The Morgan fingerprint density at radius 2 is 1.55 bits per heavy atom. The molecule has 5 nitrogen and oxygen atoms in total. The predicted molar refractivity (Wildman–Crippen MR) is 118 cm³/mol. The van der Waals surface area contributed by atoms with Crippen LogP contribution in [0.1, 0.15) is 48.2 Å². The first-order valence-electron chi connectivity index (χ1n) is 9.94. The molecule has 0 aliphatic rings. The van der Waals surface area contributed by atoms with E-state index in [1.54, 1.807) is 36.4 Å². The molecule has 0 unspecified atom stereocenters. The summed E-state index contributed by atoms with van der Waals surface area (Å²) in [7, 11) is 0. The zero-order valence-electron chi connectivity index (χ0n) is 17.5. The van der Waals surface area contributed by atoms with E-state index in [-0.39, 0.29) is 18.4 Å². The fourth-order valence-corrected chi connectivity index (χ4v) is 3.18. The van der Waals surface area contributed by atoms with Crippen molar-refractivity contribution in [2.24, 2.45) is 0 Å². The van der Waals surface area contributed by atoms with Crippen LogP contribution in [0.5, 0.6) is 5.75 Å². The van der Waals surface area contributed by atoms with Gasteiger partial charge in [-0.3, -0.25) is 9.59 Å². The molecule has 2 aromatic rings. The van der Waals surface area contributed by atoms with Gasteiger partial charge >= 0.3 is 0 Å². The number of halogens is 1. The molecule has 0 radical (unpaired) electrons. The van der Waals surface area contributed by atoms with E-state index in [1.807, 2.05) is 18.7 Å². The molecule has 0 spiro atoms. The normalized spacial score (nSPS) is 10.5. The van der Waals surface area contributed by atoms with E-state index in [0.717, 1.165) is 37.1 Å². The van der Waals surface area contributed by atoms with Gasteiger partial charge in [0.1, 0.15) is 5.75 Å². The van der Waals surface area contributed by atoms with Crippen LogP contribution in [0.4, 0.5) is 5.69 Å². The summed E-state index contributed by atoms with van der Waals surface area (Å²) in [5, 5.41) is 3.49. The largest absolute Gasteiger partial charge is 0.484 e. The fourth-order valence-electron chi connectivity index (χ4n) is 3.07. The van der Waals surface area contributed by atoms with Crippen molar-refractivity contribution in [3.63, 3.8) is 0 Å². The van der Waals surface area contributed by atoms with Gasteiger partial charge in [-0.2, -0.15) is 0 Å². The van der Waals surface area contributed by atoms with Crippen molar-refractivity contribution in [1.29, 1.82) is 0 Å². The molecule has 2 aromatic carbocycles. The van der Waals surface area contributed by atoms with Crippen molar-refractivity contribution in [2.75, 3.05) is 25.0 Å². The second-order valence-electron chi connectivity index (χ2n) is 7.08. The summed E-state index contributed by atoms with van der Waals surface area (Å²) >= 11 is 6.15. The third kappa shape index (κ3) is 6.50. The van der Waals surface area contributed by atoms with Gasteiger partial charge in [0, 0.05) is 29.4 Å². The second kappa shape index (κ2) is 10.9. The summed E-state index contributed by atoms with van der Waals surface area (Å²) in [6.45, 7) is 9.29. The minimum Gasteiger partial charge on any atom is -0.484 e. The van der Waals surface area contributed by atoms with Crippen LogP contribution < -0.4 is 10.1 Å². The third-order valence-electron chi connectivity index (χ3n) is 4.47. The number of nitrogens with zero attached hydrogens (tertiary/aromatic N) is 1. The van der Waals surface area contributed by atoms with E-state index in [2.05, 4.69) is 19.2 Å². The number of amides is 2. The highest BCUT2D eigenvalue weighted by atomic mass is 35.5. The molecule has 2 rings (SSSR count). The summed E-state index contributed by atoms with van der Waals surface area (Å²) in [5.74, 6) is 0.351. The number of benzene rings is 2. The Morgan fingerprint density at radius 1 is 1.00 bits per heavy atom. The van der Waals surface area contributed by atoms with Crippen LogP contribution in [0.3, 0.4) is 0 Å². The second-order valence-corrected chi connectivity index (χ2v) is 7.46. The molecular weight excluding hydrogens is 388 g/mol. The maximum Gasteiger partial charge on any atom is 0.262 e. The highest BCUT2D eigenvalue weighted by molar-refractivity contribution is 6.32. The van der Waals surface area contributed by atoms with Crippen molar-refractivity contribution in [1.82, 2.24) is 4.90 Å². The molecule has 0 aliphatic heterocycles. The molecule has 1 N–H and O–H groups in total. The monoisotopic (exact) mass is 416 g/mol.